The van der Waals surface area contributed by atoms with Crippen molar-refractivity contribution >= 4 is 38.4 Å². The van der Waals surface area contributed by atoms with Crippen LogP contribution in [0.25, 0.3) is 10.9 Å². The van der Waals surface area contributed by atoms with Gasteiger partial charge in [0.1, 0.15) is 5.84 Å². The number of rotatable bonds is 2. The quantitative estimate of drug-likeness (QED) is 0.846. The maximum atomic E-state index is 12.4. The molecule has 0 fully saturated rings. The number of anilines is 1. The number of H-pyrrole nitrogens is 1. The van der Waals surface area contributed by atoms with Crippen molar-refractivity contribution in [3.05, 3.63) is 48.3 Å². The molecule has 1 aromatic carbocycles. The third-order valence-corrected chi connectivity index (χ3v) is 4.95. The molecule has 0 spiro atoms. The molecule has 2 N–H and O–H groups in total. The van der Waals surface area contributed by atoms with E-state index in [4.69, 9.17) is 0 Å². The highest BCUT2D eigenvalue weighted by Gasteiger charge is 2.25. The third-order valence-electron chi connectivity index (χ3n) is 3.78. The Morgan fingerprint density at radius 1 is 1.29 bits per heavy atom. The average Bonchev–Trinajstić information content (AvgIpc) is 3.01. The van der Waals surface area contributed by atoms with Crippen molar-refractivity contribution in [2.45, 2.75) is 0 Å². The predicted octanol–water partition coefficient (Wildman–Crippen LogP) is 0.999. The molecule has 0 radical (unpaired) electrons. The molecule has 122 valence electrons. The van der Waals surface area contributed by atoms with Crippen molar-refractivity contribution in [3.8, 4) is 0 Å². The van der Waals surface area contributed by atoms with E-state index in [0.29, 0.717) is 17.1 Å². The molecule has 0 saturated carbocycles. The Bertz CT molecular complexity index is 1030. The van der Waals surface area contributed by atoms with Gasteiger partial charge in [0.2, 0.25) is 0 Å². The van der Waals surface area contributed by atoms with E-state index < -0.39 is 10.0 Å². The molecule has 2 aliphatic heterocycles. The van der Waals surface area contributed by atoms with Gasteiger partial charge < -0.3 is 10.2 Å². The number of amidine groups is 1. The molecule has 8 nitrogen and oxygen atoms in total. The summed E-state index contributed by atoms with van der Waals surface area (Å²) < 4.78 is 26.7. The molecule has 9 heteroatoms. The molecule has 0 atom stereocenters. The lowest BCUT2D eigenvalue weighted by Gasteiger charge is -2.26. The number of carbonyl (C=O) groups is 1. The highest BCUT2D eigenvalue weighted by atomic mass is 32.2. The summed E-state index contributed by atoms with van der Waals surface area (Å²) in [6, 6.07) is 5.44. The number of fused-ring (bicyclic) bond motifs is 2. The van der Waals surface area contributed by atoms with Crippen molar-refractivity contribution in [2.24, 2.45) is 4.40 Å². The van der Waals surface area contributed by atoms with Crippen molar-refractivity contribution in [2.75, 3.05) is 17.6 Å². The molecule has 0 aliphatic carbocycles. The molecule has 1 aromatic heterocycles. The predicted molar refractivity (Wildman–Crippen MR) is 89.9 cm³/mol. The second-order valence-corrected chi connectivity index (χ2v) is 7.23. The Hall–Kier alpha value is -2.94. The van der Waals surface area contributed by atoms with Crippen LogP contribution in [0.15, 0.2) is 52.7 Å². The molecule has 3 heterocycles. The smallest absolute Gasteiger partial charge is 0.257 e. The van der Waals surface area contributed by atoms with Crippen LogP contribution in [0.1, 0.15) is 0 Å². The maximum absolute atomic E-state index is 12.4. The number of sulfonamides is 1. The minimum atomic E-state index is -3.40. The first-order chi connectivity index (χ1) is 11.5. The Morgan fingerprint density at radius 2 is 2.17 bits per heavy atom. The summed E-state index contributed by atoms with van der Waals surface area (Å²) in [5, 5.41) is 10.5. The van der Waals surface area contributed by atoms with Gasteiger partial charge >= 0.3 is 0 Å². The minimum Gasteiger partial charge on any atom is -0.330 e. The summed E-state index contributed by atoms with van der Waals surface area (Å²) in [6.45, 7) is 0.281. The number of hydrogen-bond donors (Lipinski definition) is 2. The second-order valence-electron chi connectivity index (χ2n) is 5.47. The normalized spacial score (nSPS) is 18.8. The van der Waals surface area contributed by atoms with Gasteiger partial charge in [0.25, 0.3) is 15.9 Å². The molecular weight excluding hydrogens is 330 g/mol. The van der Waals surface area contributed by atoms with Crippen molar-refractivity contribution in [1.82, 2.24) is 15.1 Å². The zero-order valence-electron chi connectivity index (χ0n) is 12.4. The summed E-state index contributed by atoms with van der Waals surface area (Å²) in [5.74, 6) is -0.00780. The van der Waals surface area contributed by atoms with E-state index in [0.717, 1.165) is 10.9 Å². The van der Waals surface area contributed by atoms with Crippen molar-refractivity contribution in [3.63, 3.8) is 0 Å². The SMILES string of the molecule is O=C(Nc1ccc2[nH]ncc2c1)C1=CN2CCS(=O)(=O)N=C2C=C1. The molecule has 1 amide bonds. The highest BCUT2D eigenvalue weighted by Crippen LogP contribution is 2.20. The average molecular weight is 343 g/mol. The van der Waals surface area contributed by atoms with Crippen LogP contribution < -0.4 is 5.32 Å². The molecule has 2 aliphatic rings. The summed E-state index contributed by atoms with van der Waals surface area (Å²) >= 11 is 0. The molecule has 2 aromatic rings. The van der Waals surface area contributed by atoms with E-state index in [1.54, 1.807) is 29.4 Å². The number of nitrogens with zero attached hydrogens (tertiary/aromatic N) is 3. The van der Waals surface area contributed by atoms with Gasteiger partial charge in [-0.25, -0.2) is 8.42 Å². The van der Waals surface area contributed by atoms with Crippen LogP contribution in [-0.4, -0.2) is 47.6 Å². The zero-order chi connectivity index (χ0) is 16.7. The van der Waals surface area contributed by atoms with E-state index >= 15 is 0 Å². The van der Waals surface area contributed by atoms with Crippen LogP contribution in [0.4, 0.5) is 5.69 Å². The lowest BCUT2D eigenvalue weighted by atomic mass is 10.1. The molecule has 4 rings (SSSR count). The standard InChI is InChI=1S/C15H13N5O3S/c21-15(17-12-2-3-13-11(7-12)8-16-18-13)10-1-4-14-19-24(22,23)6-5-20(14)9-10/h1-4,7-9H,5-6H2,(H,16,18)(H,17,21). The largest absolute Gasteiger partial charge is 0.330 e. The first-order valence-corrected chi connectivity index (χ1v) is 8.85. The number of benzene rings is 1. The van der Waals surface area contributed by atoms with Gasteiger partial charge in [-0.3, -0.25) is 9.89 Å². The van der Waals surface area contributed by atoms with E-state index in [2.05, 4.69) is 19.9 Å². The first-order valence-electron chi connectivity index (χ1n) is 7.24. The van der Waals surface area contributed by atoms with E-state index in [1.165, 1.54) is 6.08 Å². The summed E-state index contributed by atoms with van der Waals surface area (Å²) in [5.41, 5.74) is 1.98. The monoisotopic (exact) mass is 343 g/mol. The van der Waals surface area contributed by atoms with Gasteiger partial charge in [-0.1, -0.05) is 0 Å². The van der Waals surface area contributed by atoms with E-state index in [1.807, 2.05) is 12.1 Å². The first kappa shape index (κ1) is 14.6. The topological polar surface area (TPSA) is 108 Å². The van der Waals surface area contributed by atoms with Crippen LogP contribution >= 0.6 is 0 Å². The lowest BCUT2D eigenvalue weighted by Crippen LogP contribution is -2.37. The fourth-order valence-corrected chi connectivity index (χ4v) is 3.53. The van der Waals surface area contributed by atoms with Crippen LogP contribution in [0.2, 0.25) is 0 Å². The van der Waals surface area contributed by atoms with Gasteiger partial charge in [-0.15, -0.1) is 4.40 Å². The van der Waals surface area contributed by atoms with Gasteiger partial charge in [0.05, 0.1) is 23.0 Å². The summed E-state index contributed by atoms with van der Waals surface area (Å²) in [7, 11) is -3.40. The molecule has 24 heavy (non-hydrogen) atoms. The zero-order valence-corrected chi connectivity index (χ0v) is 13.2. The second kappa shape index (κ2) is 5.31. The number of hydrogen-bond acceptors (Lipinski definition) is 5. The van der Waals surface area contributed by atoms with Gasteiger partial charge in [-0.05, 0) is 30.4 Å². The molecule has 0 saturated heterocycles. The van der Waals surface area contributed by atoms with Crippen LogP contribution in [0.5, 0.6) is 0 Å². The fraction of sp³-hybridized carbons (Fsp3) is 0.133. The number of nitrogens with one attached hydrogen (secondary N) is 2. The summed E-state index contributed by atoms with van der Waals surface area (Å²) in [4.78, 5) is 14.1. The van der Waals surface area contributed by atoms with Crippen LogP contribution in [0, 0.1) is 0 Å². The van der Waals surface area contributed by atoms with Gasteiger partial charge in [-0.2, -0.15) is 5.10 Å². The highest BCUT2D eigenvalue weighted by molar-refractivity contribution is 7.90. The number of carbonyl (C=O) groups excluding carboxylic acids is 1. The van der Waals surface area contributed by atoms with Gasteiger partial charge in [0.15, 0.2) is 0 Å². The Balaban J connectivity index is 1.55. The van der Waals surface area contributed by atoms with Crippen molar-refractivity contribution in [1.29, 1.82) is 0 Å². The summed E-state index contributed by atoms with van der Waals surface area (Å²) in [6.07, 6.45) is 6.38. The van der Waals surface area contributed by atoms with Crippen LogP contribution in [-0.2, 0) is 14.8 Å². The van der Waals surface area contributed by atoms with Gasteiger partial charge in [0, 0.05) is 23.8 Å². The Kier molecular flexibility index (Phi) is 3.24. The van der Waals surface area contributed by atoms with E-state index in [-0.39, 0.29) is 18.2 Å². The third kappa shape index (κ3) is 2.69. The minimum absolute atomic E-state index is 0.0626. The number of amides is 1. The molecule has 0 unspecified atom stereocenters. The fourth-order valence-electron chi connectivity index (χ4n) is 2.56. The Labute approximate surface area is 137 Å². The number of aromatic nitrogens is 2. The maximum Gasteiger partial charge on any atom is 0.257 e. The molecular formula is C15H13N5O3S. The lowest BCUT2D eigenvalue weighted by molar-refractivity contribution is -0.112. The van der Waals surface area contributed by atoms with Crippen molar-refractivity contribution < 1.29 is 13.2 Å². The van der Waals surface area contributed by atoms with Crippen LogP contribution in [0.3, 0.4) is 0 Å². The molecule has 0 bridgehead atoms. The van der Waals surface area contributed by atoms with E-state index in [9.17, 15) is 13.2 Å². The Morgan fingerprint density at radius 3 is 3.04 bits per heavy atom. The number of aromatic amines is 1.